The molecule has 5 heteroatoms. The van der Waals surface area contributed by atoms with Crippen LogP contribution in [0.2, 0.25) is 0 Å². The van der Waals surface area contributed by atoms with Crippen molar-refractivity contribution in [1.29, 1.82) is 0 Å². The third-order valence-electron chi connectivity index (χ3n) is 7.44. The van der Waals surface area contributed by atoms with Crippen LogP contribution >= 0.6 is 0 Å². The van der Waals surface area contributed by atoms with E-state index in [1.165, 1.54) is 70.8 Å². The smallest absolute Gasteiger partial charge is 0.119 e. The molecule has 0 aliphatic carbocycles. The van der Waals surface area contributed by atoms with Gasteiger partial charge in [0, 0.05) is 57.9 Å². The zero-order valence-corrected chi connectivity index (χ0v) is 19.0. The molecule has 0 bridgehead atoms. The van der Waals surface area contributed by atoms with Gasteiger partial charge >= 0.3 is 0 Å². The van der Waals surface area contributed by atoms with Crippen molar-refractivity contribution in [2.24, 2.45) is 0 Å². The minimum atomic E-state index is 0.223. The molecule has 1 aromatic rings. The van der Waals surface area contributed by atoms with Crippen molar-refractivity contribution in [2.75, 3.05) is 78.7 Å². The first kappa shape index (κ1) is 22.1. The van der Waals surface area contributed by atoms with Crippen molar-refractivity contribution in [1.82, 2.24) is 14.7 Å². The predicted octanol–water partition coefficient (Wildman–Crippen LogP) is 3.24. The van der Waals surface area contributed by atoms with Crippen molar-refractivity contribution < 1.29 is 9.47 Å². The third-order valence-corrected chi connectivity index (χ3v) is 7.44. The molecule has 0 radical (unpaired) electrons. The van der Waals surface area contributed by atoms with Crippen LogP contribution in [0.3, 0.4) is 0 Å². The highest BCUT2D eigenvalue weighted by atomic mass is 16.5. The summed E-state index contributed by atoms with van der Waals surface area (Å²) in [6, 6.07) is 9.03. The Bertz CT molecular complexity index is 616. The van der Waals surface area contributed by atoms with Crippen LogP contribution in [-0.4, -0.2) is 93.4 Å². The number of nitrogens with zero attached hydrogens (tertiary/aromatic N) is 3. The lowest BCUT2D eigenvalue weighted by molar-refractivity contribution is 0.0247. The second kappa shape index (κ2) is 10.9. The van der Waals surface area contributed by atoms with E-state index in [2.05, 4.69) is 45.9 Å². The van der Waals surface area contributed by atoms with Gasteiger partial charge in [0.15, 0.2) is 0 Å². The Balaban J connectivity index is 1.32. The van der Waals surface area contributed by atoms with E-state index in [1.54, 1.807) is 0 Å². The summed E-state index contributed by atoms with van der Waals surface area (Å²) in [5.41, 5.74) is 1.69. The van der Waals surface area contributed by atoms with Gasteiger partial charge in [-0.05, 0) is 69.4 Å². The van der Waals surface area contributed by atoms with E-state index in [0.29, 0.717) is 0 Å². The molecule has 0 amide bonds. The van der Waals surface area contributed by atoms with Crippen LogP contribution in [0.1, 0.15) is 44.6 Å². The highest BCUT2D eigenvalue weighted by Gasteiger charge is 2.36. The van der Waals surface area contributed by atoms with Gasteiger partial charge in [0.25, 0.3) is 0 Å². The minimum absolute atomic E-state index is 0.223. The topological polar surface area (TPSA) is 28.2 Å². The molecule has 3 aliphatic heterocycles. The highest BCUT2D eigenvalue weighted by molar-refractivity contribution is 5.33. The average molecular weight is 416 g/mol. The van der Waals surface area contributed by atoms with Gasteiger partial charge in [0.1, 0.15) is 5.75 Å². The molecule has 1 aromatic carbocycles. The van der Waals surface area contributed by atoms with Gasteiger partial charge in [-0.15, -0.1) is 0 Å². The summed E-state index contributed by atoms with van der Waals surface area (Å²) in [7, 11) is 0. The molecule has 3 fully saturated rings. The van der Waals surface area contributed by atoms with Gasteiger partial charge in [0.2, 0.25) is 0 Å². The lowest BCUT2D eigenvalue weighted by Gasteiger charge is -2.44. The lowest BCUT2D eigenvalue weighted by atomic mass is 9.73. The molecule has 0 N–H and O–H groups in total. The third kappa shape index (κ3) is 5.76. The van der Waals surface area contributed by atoms with E-state index >= 15 is 0 Å². The van der Waals surface area contributed by atoms with Crippen molar-refractivity contribution in [3.05, 3.63) is 29.8 Å². The molecular weight excluding hydrogens is 374 g/mol. The van der Waals surface area contributed by atoms with Crippen LogP contribution in [0.25, 0.3) is 0 Å². The van der Waals surface area contributed by atoms with Gasteiger partial charge < -0.3 is 19.3 Å². The van der Waals surface area contributed by atoms with Gasteiger partial charge in [0.05, 0.1) is 6.61 Å². The summed E-state index contributed by atoms with van der Waals surface area (Å²) in [6.07, 6.45) is 6.09. The summed E-state index contributed by atoms with van der Waals surface area (Å²) < 4.78 is 11.8. The zero-order valence-electron chi connectivity index (χ0n) is 19.0. The molecule has 0 spiro atoms. The Hall–Kier alpha value is -1.14. The number of rotatable bonds is 9. The van der Waals surface area contributed by atoms with E-state index in [9.17, 15) is 0 Å². The molecule has 0 unspecified atom stereocenters. The molecule has 30 heavy (non-hydrogen) atoms. The molecule has 3 saturated heterocycles. The van der Waals surface area contributed by atoms with E-state index in [0.717, 1.165) is 51.4 Å². The Labute approximate surface area is 183 Å². The standard InChI is InChI=1S/C25H41N3O2/c1-2-26-15-17-28(18-16-26)22-25(10-20-29-21-11-25)23-6-8-24(9-7-23)30-19-5-14-27-12-3-4-13-27/h6-9H,2-5,10-22H2,1H3. The summed E-state index contributed by atoms with van der Waals surface area (Å²) >= 11 is 0. The first-order chi connectivity index (χ1) is 14.8. The second-order valence-corrected chi connectivity index (χ2v) is 9.38. The number of hydrogen-bond donors (Lipinski definition) is 0. The van der Waals surface area contributed by atoms with Gasteiger partial charge in [-0.2, -0.15) is 0 Å². The molecule has 3 aliphatic rings. The monoisotopic (exact) mass is 415 g/mol. The maximum absolute atomic E-state index is 6.05. The highest BCUT2D eigenvalue weighted by Crippen LogP contribution is 2.36. The largest absolute Gasteiger partial charge is 0.494 e. The molecule has 168 valence electrons. The fraction of sp³-hybridized carbons (Fsp3) is 0.760. The van der Waals surface area contributed by atoms with Crippen LogP contribution in [0.4, 0.5) is 0 Å². The van der Waals surface area contributed by atoms with Crippen LogP contribution in [0.15, 0.2) is 24.3 Å². The van der Waals surface area contributed by atoms with Crippen molar-refractivity contribution in [3.63, 3.8) is 0 Å². The average Bonchev–Trinajstić information content (AvgIpc) is 3.32. The molecule has 4 rings (SSSR count). The normalized spacial score (nSPS) is 23.6. The molecule has 0 saturated carbocycles. The quantitative estimate of drug-likeness (QED) is 0.578. The van der Waals surface area contributed by atoms with E-state index in [4.69, 9.17) is 9.47 Å². The summed E-state index contributed by atoms with van der Waals surface area (Å²) in [5, 5.41) is 0. The Morgan fingerprint density at radius 3 is 2.20 bits per heavy atom. The molecular formula is C25H41N3O2. The van der Waals surface area contributed by atoms with Crippen molar-refractivity contribution in [2.45, 2.75) is 44.4 Å². The fourth-order valence-corrected chi connectivity index (χ4v) is 5.38. The van der Waals surface area contributed by atoms with Crippen LogP contribution in [0, 0.1) is 0 Å². The predicted molar refractivity (Wildman–Crippen MR) is 123 cm³/mol. The molecule has 5 nitrogen and oxygen atoms in total. The van der Waals surface area contributed by atoms with Crippen LogP contribution < -0.4 is 4.74 Å². The maximum Gasteiger partial charge on any atom is 0.119 e. The van der Waals surface area contributed by atoms with E-state index in [-0.39, 0.29) is 5.41 Å². The molecule has 3 heterocycles. The zero-order chi connectivity index (χ0) is 20.7. The summed E-state index contributed by atoms with van der Waals surface area (Å²) in [5.74, 6) is 1.01. The first-order valence-corrected chi connectivity index (χ1v) is 12.3. The second-order valence-electron chi connectivity index (χ2n) is 9.38. The lowest BCUT2D eigenvalue weighted by Crippen LogP contribution is -2.52. The Kier molecular flexibility index (Phi) is 8.05. The van der Waals surface area contributed by atoms with Gasteiger partial charge in [-0.25, -0.2) is 0 Å². The van der Waals surface area contributed by atoms with E-state index in [1.807, 2.05) is 0 Å². The SMILES string of the molecule is CCN1CCN(CC2(c3ccc(OCCCN4CCCC4)cc3)CCOCC2)CC1. The fourth-order valence-electron chi connectivity index (χ4n) is 5.38. The number of ether oxygens (including phenoxy) is 2. The first-order valence-electron chi connectivity index (χ1n) is 12.3. The van der Waals surface area contributed by atoms with Crippen LogP contribution in [-0.2, 0) is 10.2 Å². The maximum atomic E-state index is 6.05. The number of likely N-dealkylation sites (tertiary alicyclic amines) is 1. The number of piperazine rings is 1. The van der Waals surface area contributed by atoms with Crippen LogP contribution in [0.5, 0.6) is 5.75 Å². The summed E-state index contributed by atoms with van der Waals surface area (Å²) in [4.78, 5) is 7.80. The minimum Gasteiger partial charge on any atom is -0.494 e. The molecule has 0 atom stereocenters. The number of benzene rings is 1. The Morgan fingerprint density at radius 1 is 0.867 bits per heavy atom. The summed E-state index contributed by atoms with van der Waals surface area (Å²) in [6.45, 7) is 15.7. The number of likely N-dealkylation sites (N-methyl/N-ethyl adjacent to an activating group) is 1. The van der Waals surface area contributed by atoms with Gasteiger partial charge in [-0.3, -0.25) is 4.90 Å². The van der Waals surface area contributed by atoms with E-state index < -0.39 is 0 Å². The van der Waals surface area contributed by atoms with Gasteiger partial charge in [-0.1, -0.05) is 19.1 Å². The van der Waals surface area contributed by atoms with Crippen molar-refractivity contribution >= 4 is 0 Å². The molecule has 0 aromatic heterocycles. The van der Waals surface area contributed by atoms with Crippen molar-refractivity contribution in [3.8, 4) is 5.75 Å². The Morgan fingerprint density at radius 2 is 1.53 bits per heavy atom. The number of hydrogen-bond acceptors (Lipinski definition) is 5.